The number of carbonyl (C=O) groups is 1. The zero-order chi connectivity index (χ0) is 19.6. The number of hydrogen-bond acceptors (Lipinski definition) is 2. The molecule has 27 heavy (non-hydrogen) atoms. The third-order valence-electron chi connectivity index (χ3n) is 4.62. The number of aryl methyl sites for hydroxylation is 2. The van der Waals surface area contributed by atoms with Crippen molar-refractivity contribution in [2.24, 2.45) is 4.99 Å². The Morgan fingerprint density at radius 3 is 2.63 bits per heavy atom. The van der Waals surface area contributed by atoms with E-state index in [2.05, 4.69) is 54.6 Å². The van der Waals surface area contributed by atoms with E-state index in [9.17, 15) is 4.79 Å². The molecule has 0 bridgehead atoms. The van der Waals surface area contributed by atoms with Crippen LogP contribution in [0.2, 0.25) is 5.02 Å². The maximum atomic E-state index is 11.2. The summed E-state index contributed by atoms with van der Waals surface area (Å²) in [5, 5.41) is 9.56. The topological polar surface area (TPSA) is 54.6 Å². The van der Waals surface area contributed by atoms with Gasteiger partial charge in [-0.1, -0.05) is 36.7 Å². The van der Waals surface area contributed by atoms with Crippen LogP contribution in [0, 0.1) is 13.8 Å². The molecular formula is C22H21ClN2O2. The van der Waals surface area contributed by atoms with Gasteiger partial charge in [-0.05, 0) is 56.2 Å². The van der Waals surface area contributed by atoms with Crippen LogP contribution in [0.4, 0.5) is 5.69 Å². The SMILES string of the molecule is CCc1ccccc1-n1c(C)cc(C=Nc2cc(C(=O)O)ccc2Cl)c1C. The number of halogens is 1. The molecule has 3 aromatic rings. The van der Waals surface area contributed by atoms with Crippen molar-refractivity contribution in [1.82, 2.24) is 4.57 Å². The van der Waals surface area contributed by atoms with Crippen molar-refractivity contribution >= 4 is 29.5 Å². The third-order valence-corrected chi connectivity index (χ3v) is 4.94. The summed E-state index contributed by atoms with van der Waals surface area (Å²) >= 11 is 6.17. The highest BCUT2D eigenvalue weighted by Crippen LogP contribution is 2.27. The average molecular weight is 381 g/mol. The standard InChI is InChI=1S/C22H21ClN2O2/c1-4-16-7-5-6-8-21(16)25-14(2)11-18(15(25)3)13-24-20-12-17(22(26)27)9-10-19(20)23/h5-13H,4H2,1-3H3,(H,26,27). The molecule has 0 aliphatic rings. The van der Waals surface area contributed by atoms with Crippen LogP contribution in [0.1, 0.15) is 39.8 Å². The van der Waals surface area contributed by atoms with Crippen LogP contribution in [0.5, 0.6) is 0 Å². The Morgan fingerprint density at radius 1 is 1.19 bits per heavy atom. The van der Waals surface area contributed by atoms with Gasteiger partial charge < -0.3 is 9.67 Å². The summed E-state index contributed by atoms with van der Waals surface area (Å²) in [5.41, 5.74) is 6.20. The molecule has 0 saturated carbocycles. The molecule has 0 amide bonds. The molecule has 0 spiro atoms. The van der Waals surface area contributed by atoms with Crippen LogP contribution < -0.4 is 0 Å². The van der Waals surface area contributed by atoms with Crippen LogP contribution in [0.15, 0.2) is 53.5 Å². The molecule has 4 nitrogen and oxygen atoms in total. The molecule has 0 unspecified atom stereocenters. The van der Waals surface area contributed by atoms with E-state index in [1.54, 1.807) is 12.3 Å². The average Bonchev–Trinajstić information content (AvgIpc) is 2.94. The van der Waals surface area contributed by atoms with E-state index >= 15 is 0 Å². The lowest BCUT2D eigenvalue weighted by Crippen LogP contribution is -2.03. The van der Waals surface area contributed by atoms with Gasteiger partial charge in [0.05, 0.1) is 16.3 Å². The summed E-state index contributed by atoms with van der Waals surface area (Å²) in [5.74, 6) is -1.00. The smallest absolute Gasteiger partial charge is 0.335 e. The molecule has 0 radical (unpaired) electrons. The molecule has 0 saturated heterocycles. The Bertz CT molecular complexity index is 1030. The Labute approximate surface area is 163 Å². The summed E-state index contributed by atoms with van der Waals surface area (Å²) in [7, 11) is 0. The molecule has 0 fully saturated rings. The first-order valence-corrected chi connectivity index (χ1v) is 9.14. The molecule has 0 aliphatic carbocycles. The highest BCUT2D eigenvalue weighted by Gasteiger charge is 2.12. The molecule has 0 aliphatic heterocycles. The van der Waals surface area contributed by atoms with Crippen LogP contribution in [-0.2, 0) is 6.42 Å². The molecule has 3 rings (SSSR count). The Kier molecular flexibility index (Phi) is 5.47. The first-order chi connectivity index (χ1) is 12.9. The van der Waals surface area contributed by atoms with E-state index in [4.69, 9.17) is 16.7 Å². The van der Waals surface area contributed by atoms with Gasteiger partial charge in [-0.3, -0.25) is 4.99 Å². The fourth-order valence-electron chi connectivity index (χ4n) is 3.20. The summed E-state index contributed by atoms with van der Waals surface area (Å²) in [6, 6.07) is 14.9. The Balaban J connectivity index is 2.02. The van der Waals surface area contributed by atoms with Crippen LogP contribution in [0.3, 0.4) is 0 Å². The minimum Gasteiger partial charge on any atom is -0.478 e. The van der Waals surface area contributed by atoms with Crippen molar-refractivity contribution in [2.45, 2.75) is 27.2 Å². The number of aliphatic imine (C=N–C) groups is 1. The summed E-state index contributed by atoms with van der Waals surface area (Å²) < 4.78 is 2.22. The van der Waals surface area contributed by atoms with Gasteiger partial charge in [0.1, 0.15) is 0 Å². The summed E-state index contributed by atoms with van der Waals surface area (Å²) in [4.78, 5) is 15.6. The molecular weight excluding hydrogens is 360 g/mol. The van der Waals surface area contributed by atoms with E-state index in [0.29, 0.717) is 10.7 Å². The lowest BCUT2D eigenvalue weighted by Gasteiger charge is -2.13. The quantitative estimate of drug-likeness (QED) is 0.572. The van der Waals surface area contributed by atoms with E-state index in [-0.39, 0.29) is 5.56 Å². The molecule has 1 heterocycles. The summed E-state index contributed by atoms with van der Waals surface area (Å²) in [6.07, 6.45) is 2.69. The molecule has 0 atom stereocenters. The maximum Gasteiger partial charge on any atom is 0.335 e. The van der Waals surface area contributed by atoms with Gasteiger partial charge in [-0.25, -0.2) is 4.79 Å². The number of hydrogen-bond donors (Lipinski definition) is 1. The van der Waals surface area contributed by atoms with E-state index < -0.39 is 5.97 Å². The van der Waals surface area contributed by atoms with Gasteiger partial charge in [-0.2, -0.15) is 0 Å². The zero-order valence-corrected chi connectivity index (χ0v) is 16.3. The number of rotatable bonds is 5. The van der Waals surface area contributed by atoms with Gasteiger partial charge in [0.25, 0.3) is 0 Å². The second kappa shape index (κ2) is 7.80. The molecule has 1 N–H and O–H groups in total. The molecule has 138 valence electrons. The number of carboxylic acid groups (broad SMARTS) is 1. The van der Waals surface area contributed by atoms with Gasteiger partial charge in [0.15, 0.2) is 0 Å². The van der Waals surface area contributed by atoms with Crippen molar-refractivity contribution < 1.29 is 9.90 Å². The van der Waals surface area contributed by atoms with Crippen molar-refractivity contribution in [3.8, 4) is 5.69 Å². The lowest BCUT2D eigenvalue weighted by molar-refractivity contribution is 0.0697. The van der Waals surface area contributed by atoms with E-state index in [0.717, 1.165) is 23.4 Å². The number of carboxylic acids is 1. The maximum absolute atomic E-state index is 11.2. The van der Waals surface area contributed by atoms with Crippen molar-refractivity contribution in [3.63, 3.8) is 0 Å². The summed E-state index contributed by atoms with van der Waals surface area (Å²) in [6.45, 7) is 6.26. The number of nitrogens with zero attached hydrogens (tertiary/aromatic N) is 2. The first-order valence-electron chi connectivity index (χ1n) is 8.76. The van der Waals surface area contributed by atoms with Crippen LogP contribution >= 0.6 is 11.6 Å². The minimum atomic E-state index is -1.00. The number of para-hydroxylation sites is 1. The molecule has 5 heteroatoms. The van der Waals surface area contributed by atoms with E-state index in [1.807, 2.05) is 6.07 Å². The van der Waals surface area contributed by atoms with Crippen molar-refractivity contribution in [2.75, 3.05) is 0 Å². The number of aromatic nitrogens is 1. The first kappa shape index (κ1) is 18.9. The number of aromatic carboxylic acids is 1. The highest BCUT2D eigenvalue weighted by molar-refractivity contribution is 6.33. The van der Waals surface area contributed by atoms with Crippen molar-refractivity contribution in [3.05, 3.63) is 81.6 Å². The monoisotopic (exact) mass is 380 g/mol. The number of benzene rings is 2. The van der Waals surface area contributed by atoms with Gasteiger partial charge >= 0.3 is 5.97 Å². The van der Waals surface area contributed by atoms with Gasteiger partial charge in [0.2, 0.25) is 0 Å². The second-order valence-corrected chi connectivity index (χ2v) is 6.78. The molecule has 2 aromatic carbocycles. The zero-order valence-electron chi connectivity index (χ0n) is 15.5. The Morgan fingerprint density at radius 2 is 1.93 bits per heavy atom. The minimum absolute atomic E-state index is 0.161. The Hall–Kier alpha value is -2.85. The normalized spacial score (nSPS) is 11.3. The largest absolute Gasteiger partial charge is 0.478 e. The fraction of sp³-hybridized carbons (Fsp3) is 0.182. The van der Waals surface area contributed by atoms with Crippen molar-refractivity contribution in [1.29, 1.82) is 0 Å². The van der Waals surface area contributed by atoms with Gasteiger partial charge in [0, 0.05) is 28.9 Å². The molecule has 1 aromatic heterocycles. The predicted molar refractivity (Wildman–Crippen MR) is 110 cm³/mol. The van der Waals surface area contributed by atoms with Gasteiger partial charge in [-0.15, -0.1) is 0 Å². The second-order valence-electron chi connectivity index (χ2n) is 6.37. The third kappa shape index (κ3) is 3.81. The lowest BCUT2D eigenvalue weighted by atomic mass is 10.1. The van der Waals surface area contributed by atoms with Crippen LogP contribution in [0.25, 0.3) is 5.69 Å². The van der Waals surface area contributed by atoms with E-state index in [1.165, 1.54) is 23.4 Å². The fourth-order valence-corrected chi connectivity index (χ4v) is 3.37. The predicted octanol–water partition coefficient (Wildman–Crippen LogP) is 5.76. The highest BCUT2D eigenvalue weighted by atomic mass is 35.5. The van der Waals surface area contributed by atoms with Crippen LogP contribution in [-0.4, -0.2) is 21.9 Å².